The van der Waals surface area contributed by atoms with Crippen LogP contribution in [-0.4, -0.2) is 131 Å². The highest BCUT2D eigenvalue weighted by Crippen LogP contribution is 2.40. The van der Waals surface area contributed by atoms with Gasteiger partial charge < -0.3 is 39.5 Å². The van der Waals surface area contributed by atoms with Crippen LogP contribution in [-0.2, 0) is 28.7 Å². The van der Waals surface area contributed by atoms with E-state index in [0.717, 1.165) is 32.1 Å². The van der Waals surface area contributed by atoms with Crippen LogP contribution in [0.4, 0.5) is 4.79 Å². The minimum atomic E-state index is -1.09. The van der Waals surface area contributed by atoms with Crippen LogP contribution in [0.1, 0.15) is 68.8 Å². The van der Waals surface area contributed by atoms with Crippen molar-refractivity contribution in [3.63, 3.8) is 0 Å². The normalized spacial score (nSPS) is 19.8. The summed E-state index contributed by atoms with van der Waals surface area (Å²) in [6.45, 7) is 3.00. The number of para-hydroxylation sites is 1. The van der Waals surface area contributed by atoms with Gasteiger partial charge in [-0.1, -0.05) is 18.2 Å². The molecule has 2 saturated heterocycles. The first-order chi connectivity index (χ1) is 25.7. The van der Waals surface area contributed by atoms with Gasteiger partial charge in [0.1, 0.15) is 12.1 Å². The number of carbonyl (C=O) groups is 6. The lowest BCUT2D eigenvalue weighted by atomic mass is 9.93. The van der Waals surface area contributed by atoms with Crippen molar-refractivity contribution in [1.82, 2.24) is 35.1 Å². The van der Waals surface area contributed by atoms with Crippen molar-refractivity contribution in [2.75, 3.05) is 53.0 Å². The first-order valence-corrected chi connectivity index (χ1v) is 18.6. The largest absolute Gasteiger partial charge is 0.469 e. The Balaban J connectivity index is 1.18. The highest BCUT2D eigenvalue weighted by atomic mass is 16.6. The van der Waals surface area contributed by atoms with Crippen LogP contribution in [0.5, 0.6) is 5.88 Å². The predicted octanol–water partition coefficient (Wildman–Crippen LogP) is 1.90. The Bertz CT molecular complexity index is 1650. The fourth-order valence-corrected chi connectivity index (χ4v) is 7.12. The van der Waals surface area contributed by atoms with Gasteiger partial charge in [0.2, 0.25) is 17.7 Å². The maximum absolute atomic E-state index is 14.0. The number of likely N-dealkylation sites (tertiary alicyclic amines) is 1. The average molecular weight is 736 g/mol. The van der Waals surface area contributed by atoms with Crippen molar-refractivity contribution >= 4 is 35.7 Å². The molecule has 1 aromatic heterocycles. The molecule has 2 aliphatic carbocycles. The third-order valence-corrected chi connectivity index (χ3v) is 10.5. The van der Waals surface area contributed by atoms with Gasteiger partial charge in [0.25, 0.3) is 11.8 Å². The summed E-state index contributed by atoms with van der Waals surface area (Å²) in [6, 6.07) is 8.87. The fraction of sp³-hybridized carbons (Fsp3) is 0.595. The molecule has 1 aromatic carbocycles. The standard InChI is InChI=1S/C37H49N7O9/c1-3-52-37(50)42-19-17-41(18-20-42)35(48)29(21-27(24-14-15-24)36(49)51-2)39-33(46)28-22-32(44(40-28)26-11-5-4-6-12-26)53-23-31(45)43-16-8-13-30(43)34(47)38-25-9-7-10-25/h4-6,11-12,22,24-25,27,29-30H,3,7-10,13-21,23H2,1-2H3,(H,38,47)(H,39,46)/t27?,29-,30-/m0/s1. The number of ether oxygens (including phenoxy) is 3. The van der Waals surface area contributed by atoms with Crippen molar-refractivity contribution in [3.05, 3.63) is 42.1 Å². The van der Waals surface area contributed by atoms with Crippen LogP contribution < -0.4 is 15.4 Å². The van der Waals surface area contributed by atoms with Crippen LogP contribution in [0.2, 0.25) is 0 Å². The van der Waals surface area contributed by atoms with E-state index in [0.29, 0.717) is 25.1 Å². The molecule has 1 unspecified atom stereocenters. The van der Waals surface area contributed by atoms with Crippen LogP contribution in [0, 0.1) is 11.8 Å². The topological polar surface area (TPSA) is 182 Å². The molecule has 0 bridgehead atoms. The lowest BCUT2D eigenvalue weighted by Crippen LogP contribution is -2.56. The molecule has 3 heterocycles. The molecule has 6 rings (SSSR count). The van der Waals surface area contributed by atoms with E-state index in [9.17, 15) is 28.8 Å². The summed E-state index contributed by atoms with van der Waals surface area (Å²) in [5, 5.41) is 10.4. The number of methoxy groups -OCH3 is 1. The fourth-order valence-electron chi connectivity index (χ4n) is 7.12. The van der Waals surface area contributed by atoms with Crippen LogP contribution in [0.25, 0.3) is 5.69 Å². The number of esters is 1. The molecule has 4 fully saturated rings. The highest BCUT2D eigenvalue weighted by molar-refractivity contribution is 5.97. The van der Waals surface area contributed by atoms with E-state index in [-0.39, 0.29) is 87.1 Å². The molecule has 16 nitrogen and oxygen atoms in total. The Hall–Kier alpha value is -5.15. The third-order valence-electron chi connectivity index (χ3n) is 10.5. The van der Waals surface area contributed by atoms with Crippen LogP contribution in [0.3, 0.4) is 0 Å². The number of rotatable bonds is 14. The van der Waals surface area contributed by atoms with Crippen LogP contribution in [0.15, 0.2) is 36.4 Å². The van der Waals surface area contributed by atoms with Gasteiger partial charge in [0.15, 0.2) is 12.3 Å². The molecule has 2 aliphatic heterocycles. The zero-order valence-electron chi connectivity index (χ0n) is 30.4. The maximum Gasteiger partial charge on any atom is 0.409 e. The van der Waals surface area contributed by atoms with E-state index in [1.54, 1.807) is 41.0 Å². The second kappa shape index (κ2) is 17.1. The van der Waals surface area contributed by atoms with Gasteiger partial charge >= 0.3 is 12.1 Å². The maximum atomic E-state index is 14.0. The highest BCUT2D eigenvalue weighted by Gasteiger charge is 2.42. The number of amides is 5. The quantitative estimate of drug-likeness (QED) is 0.272. The predicted molar refractivity (Wildman–Crippen MR) is 189 cm³/mol. The minimum Gasteiger partial charge on any atom is -0.469 e. The first kappa shape index (κ1) is 37.6. The summed E-state index contributed by atoms with van der Waals surface area (Å²) in [7, 11) is 1.30. The molecular weight excluding hydrogens is 686 g/mol. The van der Waals surface area contributed by atoms with Crippen molar-refractivity contribution in [2.24, 2.45) is 11.8 Å². The lowest BCUT2D eigenvalue weighted by Gasteiger charge is -2.36. The number of carbonyl (C=O) groups excluding carboxylic acids is 6. The van der Waals surface area contributed by atoms with E-state index in [1.165, 1.54) is 22.8 Å². The third kappa shape index (κ3) is 9.08. The molecule has 3 atom stereocenters. The zero-order chi connectivity index (χ0) is 37.5. The Kier molecular flexibility index (Phi) is 12.1. The molecule has 2 N–H and O–H groups in total. The van der Waals surface area contributed by atoms with E-state index < -0.39 is 36.0 Å². The summed E-state index contributed by atoms with van der Waals surface area (Å²) in [5.74, 6) is -2.43. The van der Waals surface area contributed by atoms with E-state index in [4.69, 9.17) is 14.2 Å². The number of aromatic nitrogens is 2. The monoisotopic (exact) mass is 735 g/mol. The van der Waals surface area contributed by atoms with Gasteiger partial charge in [-0.25, -0.2) is 9.48 Å². The molecule has 2 saturated carbocycles. The molecule has 16 heteroatoms. The van der Waals surface area contributed by atoms with Gasteiger partial charge in [-0.2, -0.15) is 5.10 Å². The molecular formula is C37H49N7O9. The number of hydrogen-bond acceptors (Lipinski definition) is 10. The Morgan fingerprint density at radius 1 is 0.906 bits per heavy atom. The van der Waals surface area contributed by atoms with E-state index in [2.05, 4.69) is 15.7 Å². The number of benzene rings is 1. The molecule has 0 spiro atoms. The van der Waals surface area contributed by atoms with Crippen molar-refractivity contribution in [1.29, 1.82) is 0 Å². The number of nitrogens with one attached hydrogen (secondary N) is 2. The van der Waals surface area contributed by atoms with Gasteiger partial charge in [0.05, 0.1) is 25.3 Å². The van der Waals surface area contributed by atoms with Gasteiger partial charge in [0, 0.05) is 44.8 Å². The van der Waals surface area contributed by atoms with Gasteiger partial charge in [-0.3, -0.25) is 24.0 Å². The summed E-state index contributed by atoms with van der Waals surface area (Å²) >= 11 is 0. The second-order valence-corrected chi connectivity index (χ2v) is 14.0. The Morgan fingerprint density at radius 3 is 2.26 bits per heavy atom. The smallest absolute Gasteiger partial charge is 0.409 e. The summed E-state index contributed by atoms with van der Waals surface area (Å²) in [4.78, 5) is 84.0. The molecule has 53 heavy (non-hydrogen) atoms. The molecule has 5 amide bonds. The van der Waals surface area contributed by atoms with E-state index >= 15 is 0 Å². The summed E-state index contributed by atoms with van der Waals surface area (Å²) < 4.78 is 17.6. The van der Waals surface area contributed by atoms with Crippen molar-refractivity contribution in [2.45, 2.75) is 76.4 Å². The molecule has 2 aromatic rings. The second-order valence-electron chi connectivity index (χ2n) is 14.0. The molecule has 4 aliphatic rings. The first-order valence-electron chi connectivity index (χ1n) is 18.6. The SMILES string of the molecule is CCOC(=O)N1CCN(C(=O)[C@H](CC(C(=O)OC)C2CC2)NC(=O)c2cc(OCC(=O)N3CCC[C@H]3C(=O)NC3CCC3)n(-c3ccccc3)n2)CC1. The lowest BCUT2D eigenvalue weighted by molar-refractivity contribution is -0.147. The number of hydrogen-bond donors (Lipinski definition) is 2. The molecule has 0 radical (unpaired) electrons. The summed E-state index contributed by atoms with van der Waals surface area (Å²) in [6.07, 6.45) is 5.48. The summed E-state index contributed by atoms with van der Waals surface area (Å²) in [5.41, 5.74) is 0.501. The average Bonchev–Trinajstić information content (AvgIpc) is 3.70. The number of piperazine rings is 1. The van der Waals surface area contributed by atoms with Gasteiger partial charge in [-0.15, -0.1) is 0 Å². The van der Waals surface area contributed by atoms with E-state index in [1.807, 2.05) is 6.07 Å². The zero-order valence-corrected chi connectivity index (χ0v) is 30.4. The minimum absolute atomic E-state index is 0.0303. The Morgan fingerprint density at radius 2 is 1.62 bits per heavy atom. The Labute approximate surface area is 308 Å². The van der Waals surface area contributed by atoms with Gasteiger partial charge in [-0.05, 0) is 76.3 Å². The number of nitrogens with zero attached hydrogens (tertiary/aromatic N) is 5. The molecule has 286 valence electrons. The van der Waals surface area contributed by atoms with Crippen molar-refractivity contribution in [3.8, 4) is 11.6 Å². The van der Waals surface area contributed by atoms with Crippen molar-refractivity contribution < 1.29 is 43.0 Å². The van der Waals surface area contributed by atoms with Crippen LogP contribution >= 0.6 is 0 Å².